The van der Waals surface area contributed by atoms with Crippen LogP contribution in [-0.4, -0.2) is 42.0 Å². The van der Waals surface area contributed by atoms with Gasteiger partial charge in [-0.1, -0.05) is 0 Å². The van der Waals surface area contributed by atoms with Crippen molar-refractivity contribution in [3.63, 3.8) is 0 Å². The van der Waals surface area contributed by atoms with Gasteiger partial charge >= 0.3 is 11.9 Å². The number of hydrogen-bond acceptors (Lipinski definition) is 6. The molecule has 84 valence electrons. The first-order valence-electron chi connectivity index (χ1n) is 4.84. The van der Waals surface area contributed by atoms with Crippen molar-refractivity contribution in [2.24, 2.45) is 0 Å². The molecule has 0 unspecified atom stereocenters. The summed E-state index contributed by atoms with van der Waals surface area (Å²) in [6.07, 6.45) is -0.418. The fraction of sp³-hybridized carbons (Fsp3) is 0.778. The van der Waals surface area contributed by atoms with Crippen LogP contribution in [0.5, 0.6) is 0 Å². The molecule has 0 aromatic heterocycles. The number of ether oxygens (including phenoxy) is 2. The Balaban J connectivity index is 2.11. The van der Waals surface area contributed by atoms with Crippen LogP contribution < -0.4 is 0 Å². The van der Waals surface area contributed by atoms with Gasteiger partial charge in [-0.15, -0.1) is 5.06 Å². The summed E-state index contributed by atoms with van der Waals surface area (Å²) in [5.74, 6) is -0.688. The molecule has 0 saturated carbocycles. The van der Waals surface area contributed by atoms with Crippen LogP contribution in [-0.2, 0) is 23.9 Å². The molecule has 6 nitrogen and oxygen atoms in total. The molecule has 0 bridgehead atoms. The van der Waals surface area contributed by atoms with Gasteiger partial charge in [-0.3, -0.25) is 9.59 Å². The molecule has 0 aromatic carbocycles. The number of nitrogens with zero attached hydrogens (tertiary/aromatic N) is 1. The van der Waals surface area contributed by atoms with Gasteiger partial charge in [0, 0.05) is 6.92 Å². The van der Waals surface area contributed by atoms with Gasteiger partial charge in [0.1, 0.15) is 12.8 Å². The van der Waals surface area contributed by atoms with E-state index in [9.17, 15) is 9.59 Å². The molecule has 2 heterocycles. The predicted octanol–water partition coefficient (Wildman–Crippen LogP) is -0.173. The molecule has 15 heavy (non-hydrogen) atoms. The molecule has 2 fully saturated rings. The van der Waals surface area contributed by atoms with E-state index < -0.39 is 6.10 Å². The Morgan fingerprint density at radius 3 is 3.00 bits per heavy atom. The number of fused-ring (bicyclic) bond motifs is 1. The highest BCUT2D eigenvalue weighted by molar-refractivity contribution is 5.72. The van der Waals surface area contributed by atoms with E-state index in [1.54, 1.807) is 0 Å². The van der Waals surface area contributed by atoms with Gasteiger partial charge in [0.05, 0.1) is 18.6 Å². The molecule has 0 N–H and O–H groups in total. The summed E-state index contributed by atoms with van der Waals surface area (Å²) in [6, 6.07) is -0.217. The Labute approximate surface area is 87.0 Å². The average Bonchev–Trinajstić information content (AvgIpc) is 2.51. The summed E-state index contributed by atoms with van der Waals surface area (Å²) in [5, 5.41) is 1.43. The first-order valence-corrected chi connectivity index (χ1v) is 4.84. The summed E-state index contributed by atoms with van der Waals surface area (Å²) < 4.78 is 10.5. The largest absolute Gasteiger partial charge is 0.458 e. The van der Waals surface area contributed by atoms with Gasteiger partial charge in [-0.25, -0.2) is 0 Å². The van der Waals surface area contributed by atoms with Crippen LogP contribution in [0.4, 0.5) is 0 Å². The molecule has 2 aliphatic heterocycles. The lowest BCUT2D eigenvalue weighted by molar-refractivity contribution is -0.257. The predicted molar refractivity (Wildman–Crippen MR) is 47.3 cm³/mol. The SMILES string of the molecule is CC(=O)O[C@H]1[C@H](C)OCN2OC(=O)C[C@H]12. The Morgan fingerprint density at radius 2 is 2.33 bits per heavy atom. The third kappa shape index (κ3) is 1.95. The summed E-state index contributed by atoms with van der Waals surface area (Å²) in [4.78, 5) is 26.9. The van der Waals surface area contributed by atoms with Crippen molar-refractivity contribution < 1.29 is 23.9 Å². The molecule has 2 saturated heterocycles. The second-order valence-electron chi connectivity index (χ2n) is 3.73. The number of rotatable bonds is 1. The van der Waals surface area contributed by atoms with Crippen molar-refractivity contribution in [2.45, 2.75) is 38.5 Å². The molecule has 0 amide bonds. The van der Waals surface area contributed by atoms with Gasteiger partial charge in [0.15, 0.2) is 0 Å². The van der Waals surface area contributed by atoms with Crippen molar-refractivity contribution in [1.82, 2.24) is 5.06 Å². The highest BCUT2D eigenvalue weighted by Gasteiger charge is 2.46. The minimum atomic E-state index is -0.442. The maximum Gasteiger partial charge on any atom is 0.327 e. The quantitative estimate of drug-likeness (QED) is 0.566. The number of carbonyl (C=O) groups is 2. The molecular weight excluding hydrogens is 202 g/mol. The number of hydrogen-bond donors (Lipinski definition) is 0. The topological polar surface area (TPSA) is 65.1 Å². The van der Waals surface area contributed by atoms with Crippen molar-refractivity contribution in [2.75, 3.05) is 6.73 Å². The maximum absolute atomic E-state index is 11.1. The first-order chi connectivity index (χ1) is 7.08. The van der Waals surface area contributed by atoms with Gasteiger partial charge in [-0.05, 0) is 6.92 Å². The van der Waals surface area contributed by atoms with Gasteiger partial charge in [0.25, 0.3) is 0 Å². The summed E-state index contributed by atoms with van der Waals surface area (Å²) in [5.41, 5.74) is 0. The Morgan fingerprint density at radius 1 is 1.60 bits per heavy atom. The lowest BCUT2D eigenvalue weighted by atomic mass is 10.0. The van der Waals surface area contributed by atoms with Crippen molar-refractivity contribution >= 4 is 11.9 Å². The van der Waals surface area contributed by atoms with E-state index in [0.29, 0.717) is 0 Å². The van der Waals surface area contributed by atoms with E-state index in [1.807, 2.05) is 6.92 Å². The lowest BCUT2D eigenvalue weighted by Crippen LogP contribution is -2.53. The maximum atomic E-state index is 11.1. The Kier molecular flexibility index (Phi) is 2.62. The van der Waals surface area contributed by atoms with Crippen molar-refractivity contribution in [3.05, 3.63) is 0 Å². The van der Waals surface area contributed by atoms with Crippen molar-refractivity contribution in [3.8, 4) is 0 Å². The third-order valence-corrected chi connectivity index (χ3v) is 2.57. The highest BCUT2D eigenvalue weighted by Crippen LogP contribution is 2.28. The number of hydroxylamine groups is 2. The molecule has 0 aromatic rings. The van der Waals surface area contributed by atoms with Crippen LogP contribution in [0.1, 0.15) is 20.3 Å². The van der Waals surface area contributed by atoms with Crippen LogP contribution in [0, 0.1) is 0 Å². The van der Waals surface area contributed by atoms with Gasteiger partial charge in [-0.2, -0.15) is 0 Å². The highest BCUT2D eigenvalue weighted by atomic mass is 16.8. The number of carbonyl (C=O) groups excluding carboxylic acids is 2. The minimum absolute atomic E-state index is 0.217. The van der Waals surface area contributed by atoms with E-state index in [2.05, 4.69) is 0 Å². The fourth-order valence-corrected chi connectivity index (χ4v) is 1.88. The van der Waals surface area contributed by atoms with E-state index in [-0.39, 0.29) is 37.2 Å². The molecule has 2 aliphatic rings. The van der Waals surface area contributed by atoms with Crippen LogP contribution in [0.25, 0.3) is 0 Å². The van der Waals surface area contributed by atoms with Crippen LogP contribution in [0.2, 0.25) is 0 Å². The monoisotopic (exact) mass is 215 g/mol. The molecule has 6 heteroatoms. The van der Waals surface area contributed by atoms with Gasteiger partial charge < -0.3 is 14.3 Å². The zero-order valence-electron chi connectivity index (χ0n) is 8.63. The normalized spacial score (nSPS) is 35.9. The molecule has 0 radical (unpaired) electrons. The van der Waals surface area contributed by atoms with Crippen LogP contribution in [0.3, 0.4) is 0 Å². The average molecular weight is 215 g/mol. The summed E-state index contributed by atoms with van der Waals surface area (Å²) in [6.45, 7) is 3.38. The van der Waals surface area contributed by atoms with Crippen LogP contribution in [0.15, 0.2) is 0 Å². The van der Waals surface area contributed by atoms with E-state index in [1.165, 1.54) is 12.0 Å². The standard InChI is InChI=1S/C9H13NO5/c1-5-9(14-6(2)11)7-3-8(12)15-10(7)4-13-5/h5,7,9H,3-4H2,1-2H3/t5-,7+,9-/m0/s1. The second kappa shape index (κ2) is 3.79. The molecule has 3 atom stereocenters. The molecular formula is C9H13NO5. The number of esters is 1. The summed E-state index contributed by atoms with van der Waals surface area (Å²) >= 11 is 0. The second-order valence-corrected chi connectivity index (χ2v) is 3.73. The van der Waals surface area contributed by atoms with E-state index >= 15 is 0 Å². The zero-order valence-corrected chi connectivity index (χ0v) is 8.63. The van der Waals surface area contributed by atoms with E-state index in [0.717, 1.165) is 0 Å². The first kappa shape index (κ1) is 10.4. The molecule has 0 spiro atoms. The smallest absolute Gasteiger partial charge is 0.327 e. The van der Waals surface area contributed by atoms with Gasteiger partial charge in [0.2, 0.25) is 0 Å². The Bertz CT molecular complexity index is 292. The minimum Gasteiger partial charge on any atom is -0.458 e. The molecule has 2 rings (SSSR count). The third-order valence-electron chi connectivity index (χ3n) is 2.57. The van der Waals surface area contributed by atoms with Crippen molar-refractivity contribution in [1.29, 1.82) is 0 Å². The Hall–Kier alpha value is -1.14. The lowest BCUT2D eigenvalue weighted by Gasteiger charge is -2.36. The van der Waals surface area contributed by atoms with Crippen LogP contribution >= 0.6 is 0 Å². The fourth-order valence-electron chi connectivity index (χ4n) is 1.88. The van der Waals surface area contributed by atoms with E-state index in [4.69, 9.17) is 14.3 Å². The zero-order chi connectivity index (χ0) is 11.0. The summed E-state index contributed by atoms with van der Waals surface area (Å²) in [7, 11) is 0. The molecule has 0 aliphatic carbocycles.